The largest absolute Gasteiger partial charge is 0.494 e. The number of fused-ring (bicyclic) bond motifs is 1. The lowest BCUT2D eigenvalue weighted by atomic mass is 10.2. The third-order valence-corrected chi connectivity index (χ3v) is 5.22. The fourth-order valence-electron chi connectivity index (χ4n) is 2.89. The molecule has 0 bridgehead atoms. The molecule has 0 aliphatic carbocycles. The minimum atomic E-state index is -0.275. The Morgan fingerprint density at radius 2 is 1.90 bits per heavy atom. The number of ether oxygens (including phenoxy) is 2. The zero-order valence-corrected chi connectivity index (χ0v) is 17.7. The van der Waals surface area contributed by atoms with Gasteiger partial charge in [0.15, 0.2) is 11.7 Å². The van der Waals surface area contributed by atoms with E-state index in [1.807, 2.05) is 32.9 Å². The summed E-state index contributed by atoms with van der Waals surface area (Å²) in [6.07, 6.45) is 0.661. The number of rotatable bonds is 7. The maximum absolute atomic E-state index is 12.5. The van der Waals surface area contributed by atoms with Gasteiger partial charge in [0.05, 0.1) is 18.8 Å². The molecule has 0 radical (unpaired) electrons. The van der Waals surface area contributed by atoms with Crippen LogP contribution in [0.15, 0.2) is 24.3 Å². The van der Waals surface area contributed by atoms with Gasteiger partial charge in [-0.15, -0.1) is 0 Å². The summed E-state index contributed by atoms with van der Waals surface area (Å²) >= 11 is 1.40. The molecule has 0 unspecified atom stereocenters. The van der Waals surface area contributed by atoms with Gasteiger partial charge < -0.3 is 19.7 Å². The summed E-state index contributed by atoms with van der Waals surface area (Å²) in [5.74, 6) is 1.32. The van der Waals surface area contributed by atoms with Crippen molar-refractivity contribution in [3.05, 3.63) is 34.8 Å². The van der Waals surface area contributed by atoms with Crippen LogP contribution < -0.4 is 20.1 Å². The molecule has 0 fully saturated rings. The Kier molecular flexibility index (Phi) is 6.92. The number of hydrogen-bond donors (Lipinski definition) is 2. The third-order valence-electron chi connectivity index (χ3n) is 4.22. The number of carbonyl (C=O) groups excluding carboxylic acids is 2. The van der Waals surface area contributed by atoms with E-state index in [1.165, 1.54) is 11.3 Å². The van der Waals surface area contributed by atoms with Gasteiger partial charge in [-0.3, -0.25) is 10.1 Å². The van der Waals surface area contributed by atoms with Crippen LogP contribution in [0.3, 0.4) is 0 Å². The lowest BCUT2D eigenvalue weighted by Gasteiger charge is -2.26. The van der Waals surface area contributed by atoms with Crippen LogP contribution in [0.1, 0.15) is 31.3 Å². The predicted molar refractivity (Wildman–Crippen MR) is 112 cm³/mol. The van der Waals surface area contributed by atoms with Crippen LogP contribution in [0.25, 0.3) is 0 Å². The molecule has 9 heteroatoms. The van der Waals surface area contributed by atoms with Crippen molar-refractivity contribution in [1.29, 1.82) is 0 Å². The zero-order valence-electron chi connectivity index (χ0n) is 16.9. The number of nitrogens with zero attached hydrogens (tertiary/aromatic N) is 2. The van der Waals surface area contributed by atoms with Crippen molar-refractivity contribution in [1.82, 2.24) is 15.2 Å². The molecule has 8 nitrogen and oxygen atoms in total. The first kappa shape index (κ1) is 20.9. The minimum Gasteiger partial charge on any atom is -0.494 e. The predicted octanol–water partition coefficient (Wildman–Crippen LogP) is 3.04. The van der Waals surface area contributed by atoms with E-state index in [0.717, 1.165) is 16.3 Å². The van der Waals surface area contributed by atoms with Crippen LogP contribution in [0, 0.1) is 0 Å². The second-order valence-corrected chi connectivity index (χ2v) is 7.98. The lowest BCUT2D eigenvalue weighted by Crippen LogP contribution is -2.38. The first-order valence-electron chi connectivity index (χ1n) is 9.64. The summed E-state index contributed by atoms with van der Waals surface area (Å²) in [7, 11) is 0. The van der Waals surface area contributed by atoms with Crippen LogP contribution in [-0.2, 0) is 17.8 Å². The molecule has 0 spiro atoms. The standard InChI is InChI=1S/C20H26N4O4S/c1-4-27-14-5-7-15(8-6-14)28-12-18(25)24-10-9-16-17(11-24)29-20(22-16)23-19(26)21-13(2)3/h5-8,13H,4,9-12H2,1-3H3,(H2,21,22,23,26). The Hall–Kier alpha value is -2.81. The molecule has 3 amide bonds. The van der Waals surface area contributed by atoms with Crippen molar-refractivity contribution in [2.24, 2.45) is 0 Å². The first-order chi connectivity index (χ1) is 13.9. The number of carbonyl (C=O) groups is 2. The van der Waals surface area contributed by atoms with Crippen LogP contribution in [0.5, 0.6) is 11.5 Å². The van der Waals surface area contributed by atoms with Crippen molar-refractivity contribution in [3.8, 4) is 11.5 Å². The van der Waals surface area contributed by atoms with E-state index in [4.69, 9.17) is 9.47 Å². The number of nitrogens with one attached hydrogen (secondary N) is 2. The Bertz CT molecular complexity index is 851. The molecule has 1 aliphatic rings. The fourth-order valence-corrected chi connectivity index (χ4v) is 3.91. The molecule has 0 saturated carbocycles. The lowest BCUT2D eigenvalue weighted by molar-refractivity contribution is -0.134. The monoisotopic (exact) mass is 418 g/mol. The Labute approximate surface area is 174 Å². The molecular formula is C20H26N4O4S. The van der Waals surface area contributed by atoms with Crippen molar-refractivity contribution in [2.45, 2.75) is 39.8 Å². The zero-order chi connectivity index (χ0) is 20.8. The molecule has 1 aromatic carbocycles. The number of thiazole rings is 1. The Morgan fingerprint density at radius 1 is 1.21 bits per heavy atom. The molecule has 1 aliphatic heterocycles. The number of anilines is 1. The molecule has 2 aromatic rings. The topological polar surface area (TPSA) is 92.8 Å². The normalized spacial score (nSPS) is 13.0. The van der Waals surface area contributed by atoms with Crippen LogP contribution in [0.4, 0.5) is 9.93 Å². The first-order valence-corrected chi connectivity index (χ1v) is 10.5. The smallest absolute Gasteiger partial charge is 0.321 e. The molecule has 156 valence electrons. The van der Waals surface area contributed by atoms with Crippen molar-refractivity contribution in [3.63, 3.8) is 0 Å². The summed E-state index contributed by atoms with van der Waals surface area (Å²) in [4.78, 5) is 31.6. The van der Waals surface area contributed by atoms with Gasteiger partial charge in [0, 0.05) is 23.9 Å². The van der Waals surface area contributed by atoms with E-state index in [9.17, 15) is 9.59 Å². The van der Waals surface area contributed by atoms with Gasteiger partial charge >= 0.3 is 6.03 Å². The number of aromatic nitrogens is 1. The van der Waals surface area contributed by atoms with Gasteiger partial charge in [-0.05, 0) is 45.0 Å². The van der Waals surface area contributed by atoms with Gasteiger partial charge in [0.25, 0.3) is 5.91 Å². The minimum absolute atomic E-state index is 0.0238. The van der Waals surface area contributed by atoms with E-state index in [2.05, 4.69) is 15.6 Å². The maximum atomic E-state index is 12.5. The van der Waals surface area contributed by atoms with Crippen LogP contribution >= 0.6 is 11.3 Å². The average molecular weight is 419 g/mol. The van der Waals surface area contributed by atoms with E-state index < -0.39 is 0 Å². The molecule has 2 N–H and O–H groups in total. The van der Waals surface area contributed by atoms with Crippen molar-refractivity contribution >= 4 is 28.4 Å². The Balaban J connectivity index is 1.52. The highest BCUT2D eigenvalue weighted by atomic mass is 32.1. The van der Waals surface area contributed by atoms with Gasteiger partial charge in [0.2, 0.25) is 0 Å². The molecule has 0 atom stereocenters. The second-order valence-electron chi connectivity index (χ2n) is 6.90. The molecular weight excluding hydrogens is 392 g/mol. The van der Waals surface area contributed by atoms with E-state index in [0.29, 0.717) is 37.0 Å². The highest BCUT2D eigenvalue weighted by molar-refractivity contribution is 7.15. The number of amides is 3. The van der Waals surface area contributed by atoms with Crippen molar-refractivity contribution < 1.29 is 19.1 Å². The Morgan fingerprint density at radius 3 is 2.55 bits per heavy atom. The average Bonchev–Trinajstić information content (AvgIpc) is 3.08. The summed E-state index contributed by atoms with van der Waals surface area (Å²) in [6.45, 7) is 7.36. The van der Waals surface area contributed by atoms with Crippen LogP contribution in [0.2, 0.25) is 0 Å². The summed E-state index contributed by atoms with van der Waals surface area (Å²) < 4.78 is 11.0. The highest BCUT2D eigenvalue weighted by Crippen LogP contribution is 2.28. The fraction of sp³-hybridized carbons (Fsp3) is 0.450. The van der Waals surface area contributed by atoms with E-state index >= 15 is 0 Å². The third kappa shape index (κ3) is 5.83. The van der Waals surface area contributed by atoms with E-state index in [-0.39, 0.29) is 24.6 Å². The van der Waals surface area contributed by atoms with E-state index in [1.54, 1.807) is 17.0 Å². The van der Waals surface area contributed by atoms with Gasteiger partial charge in [0.1, 0.15) is 11.5 Å². The summed E-state index contributed by atoms with van der Waals surface area (Å²) in [5, 5.41) is 6.07. The maximum Gasteiger partial charge on any atom is 0.321 e. The quantitative estimate of drug-likeness (QED) is 0.721. The number of urea groups is 1. The molecule has 29 heavy (non-hydrogen) atoms. The second kappa shape index (κ2) is 9.60. The SMILES string of the molecule is CCOc1ccc(OCC(=O)N2CCc3nc(NC(=O)NC(C)C)sc3C2)cc1. The molecule has 0 saturated heterocycles. The summed E-state index contributed by atoms with van der Waals surface area (Å²) in [6, 6.07) is 6.98. The van der Waals surface area contributed by atoms with Crippen molar-refractivity contribution in [2.75, 3.05) is 25.1 Å². The molecule has 3 rings (SSSR count). The van der Waals surface area contributed by atoms with Gasteiger partial charge in [-0.2, -0.15) is 0 Å². The van der Waals surface area contributed by atoms with Gasteiger partial charge in [-0.1, -0.05) is 11.3 Å². The highest BCUT2D eigenvalue weighted by Gasteiger charge is 2.25. The molecule has 1 aromatic heterocycles. The summed E-state index contributed by atoms with van der Waals surface area (Å²) in [5.41, 5.74) is 0.936. The van der Waals surface area contributed by atoms with Crippen LogP contribution in [-0.4, -0.2) is 47.6 Å². The van der Waals surface area contributed by atoms with Gasteiger partial charge in [-0.25, -0.2) is 9.78 Å². The molecule has 2 heterocycles. The number of hydrogen-bond acceptors (Lipinski definition) is 6. The number of benzene rings is 1.